The average molecular weight is 407 g/mol. The molecule has 29 heavy (non-hydrogen) atoms. The fourth-order valence-corrected chi connectivity index (χ4v) is 2.18. The van der Waals surface area contributed by atoms with Crippen molar-refractivity contribution in [3.05, 3.63) is 35.9 Å². The number of guanidine groups is 1. The molecule has 0 aliphatic heterocycles. The molecule has 1 aromatic rings. The lowest BCUT2D eigenvalue weighted by molar-refractivity contribution is -0.173. The third-order valence-electron chi connectivity index (χ3n) is 3.91. The van der Waals surface area contributed by atoms with Crippen LogP contribution >= 0.6 is 0 Å². The summed E-state index contributed by atoms with van der Waals surface area (Å²) in [6, 6.07) is 7.73. The molecular formula is C20H29N3O6. The van der Waals surface area contributed by atoms with Crippen LogP contribution in [0.2, 0.25) is 0 Å². The molecule has 0 bridgehead atoms. The number of carbonyl (C=O) groups excluding carboxylic acids is 2. The van der Waals surface area contributed by atoms with Gasteiger partial charge in [-0.25, -0.2) is 14.4 Å². The van der Waals surface area contributed by atoms with E-state index in [1.807, 2.05) is 19.9 Å². The van der Waals surface area contributed by atoms with Gasteiger partial charge >= 0.3 is 18.0 Å². The Hall–Kier alpha value is -3.10. The van der Waals surface area contributed by atoms with Gasteiger partial charge in [-0.2, -0.15) is 0 Å². The number of hydrogen-bond donors (Lipinski definition) is 2. The predicted octanol–water partition coefficient (Wildman–Crippen LogP) is 2.76. The van der Waals surface area contributed by atoms with Crippen molar-refractivity contribution in [1.29, 1.82) is 5.41 Å². The maximum absolute atomic E-state index is 12.4. The summed E-state index contributed by atoms with van der Waals surface area (Å²) < 4.78 is 5.07. The van der Waals surface area contributed by atoms with E-state index < -0.39 is 36.0 Å². The van der Waals surface area contributed by atoms with E-state index in [0.29, 0.717) is 5.06 Å². The number of aliphatic carboxylic acids is 1. The van der Waals surface area contributed by atoms with Crippen molar-refractivity contribution in [3.8, 4) is 0 Å². The minimum atomic E-state index is -1.19. The van der Waals surface area contributed by atoms with Crippen LogP contribution in [0.3, 0.4) is 0 Å². The number of ether oxygens (including phenoxy) is 1. The first-order valence-electron chi connectivity index (χ1n) is 9.31. The Morgan fingerprint density at radius 3 is 2.17 bits per heavy atom. The molecule has 9 nitrogen and oxygen atoms in total. The Balaban J connectivity index is 3.07. The summed E-state index contributed by atoms with van der Waals surface area (Å²) in [5.41, 5.74) is 0.743. The summed E-state index contributed by atoms with van der Waals surface area (Å²) in [6.07, 6.45) is -0.976. The summed E-state index contributed by atoms with van der Waals surface area (Å²) in [4.78, 5) is 42.3. The highest BCUT2D eigenvalue weighted by molar-refractivity contribution is 5.94. The van der Waals surface area contributed by atoms with E-state index in [0.717, 1.165) is 10.5 Å². The fourth-order valence-electron chi connectivity index (χ4n) is 2.18. The number of nitrogens with one attached hydrogen (secondary N) is 1. The van der Waals surface area contributed by atoms with Crippen molar-refractivity contribution in [3.63, 3.8) is 0 Å². The van der Waals surface area contributed by atoms with E-state index in [4.69, 9.17) is 15.0 Å². The zero-order valence-electron chi connectivity index (χ0n) is 17.4. The Labute approximate surface area is 170 Å². The van der Waals surface area contributed by atoms with E-state index in [9.17, 15) is 19.5 Å². The first-order chi connectivity index (χ1) is 13.5. The number of carboxylic acids is 1. The Kier molecular flexibility index (Phi) is 9.11. The quantitative estimate of drug-likeness (QED) is 0.405. The lowest BCUT2D eigenvalue weighted by atomic mass is 10.1. The van der Waals surface area contributed by atoms with E-state index >= 15 is 0 Å². The maximum Gasteiger partial charge on any atom is 0.451 e. The van der Waals surface area contributed by atoms with Gasteiger partial charge in [0.1, 0.15) is 6.04 Å². The van der Waals surface area contributed by atoms with E-state index in [1.165, 1.54) is 7.05 Å². The lowest BCUT2D eigenvalue weighted by Crippen LogP contribution is -2.53. The van der Waals surface area contributed by atoms with Gasteiger partial charge in [-0.1, -0.05) is 63.1 Å². The highest BCUT2D eigenvalue weighted by atomic mass is 16.8. The van der Waals surface area contributed by atoms with Crippen LogP contribution < -0.4 is 0 Å². The van der Waals surface area contributed by atoms with Crippen molar-refractivity contribution in [2.24, 2.45) is 11.8 Å². The second-order valence-electron chi connectivity index (χ2n) is 7.31. The standard InChI is InChI=1S/C20H29N3O6/c1-13(2)12-28-20(27)23(29-18(26)14(3)4)19(21)22(5)16(17(24)25)11-15-9-7-6-8-10-15/h6-10,13-14,16,21H,11-12H2,1-5H3,(H,24,25). The topological polar surface area (TPSA) is 120 Å². The molecule has 0 fully saturated rings. The van der Waals surface area contributed by atoms with Crippen LogP contribution in [0.15, 0.2) is 30.3 Å². The van der Waals surface area contributed by atoms with Crippen LogP contribution in [0.1, 0.15) is 33.3 Å². The number of likely N-dealkylation sites (N-methyl/N-ethyl adjacent to an activating group) is 1. The monoisotopic (exact) mass is 407 g/mol. The third kappa shape index (κ3) is 7.44. The van der Waals surface area contributed by atoms with Gasteiger partial charge in [-0.05, 0) is 11.5 Å². The summed E-state index contributed by atoms with van der Waals surface area (Å²) in [6.45, 7) is 6.86. The van der Waals surface area contributed by atoms with E-state index in [1.54, 1.807) is 38.1 Å². The number of amides is 1. The highest BCUT2D eigenvalue weighted by Crippen LogP contribution is 2.13. The van der Waals surface area contributed by atoms with Crippen molar-refractivity contribution in [1.82, 2.24) is 9.96 Å². The molecule has 9 heteroatoms. The van der Waals surface area contributed by atoms with Gasteiger partial charge in [-0.15, -0.1) is 0 Å². The van der Waals surface area contributed by atoms with Crippen LogP contribution in [0.25, 0.3) is 0 Å². The van der Waals surface area contributed by atoms with Gasteiger partial charge < -0.3 is 19.6 Å². The molecule has 1 unspecified atom stereocenters. The molecule has 1 amide bonds. The fraction of sp³-hybridized carbons (Fsp3) is 0.500. The van der Waals surface area contributed by atoms with Crippen molar-refractivity contribution < 1.29 is 29.1 Å². The van der Waals surface area contributed by atoms with Crippen LogP contribution in [-0.4, -0.2) is 58.8 Å². The molecule has 0 saturated heterocycles. The van der Waals surface area contributed by atoms with Gasteiger partial charge in [0.15, 0.2) is 0 Å². The van der Waals surface area contributed by atoms with Gasteiger partial charge in [0.05, 0.1) is 12.5 Å². The minimum absolute atomic E-state index is 0.0263. The molecule has 1 atom stereocenters. The smallest absolute Gasteiger partial charge is 0.451 e. The van der Waals surface area contributed by atoms with Crippen molar-refractivity contribution in [2.45, 2.75) is 40.2 Å². The Bertz CT molecular complexity index is 720. The summed E-state index contributed by atoms with van der Waals surface area (Å²) in [5, 5.41) is 18.3. The van der Waals surface area contributed by atoms with Crippen molar-refractivity contribution in [2.75, 3.05) is 13.7 Å². The molecule has 0 aromatic heterocycles. The van der Waals surface area contributed by atoms with Crippen LogP contribution in [-0.2, 0) is 25.6 Å². The second-order valence-corrected chi connectivity index (χ2v) is 7.31. The summed E-state index contributed by atoms with van der Waals surface area (Å²) >= 11 is 0. The Morgan fingerprint density at radius 1 is 1.10 bits per heavy atom. The van der Waals surface area contributed by atoms with E-state index in [-0.39, 0.29) is 18.9 Å². The molecule has 0 aliphatic rings. The van der Waals surface area contributed by atoms with Crippen molar-refractivity contribution >= 4 is 24.0 Å². The highest BCUT2D eigenvalue weighted by Gasteiger charge is 2.34. The number of benzene rings is 1. The number of hydroxylamine groups is 2. The van der Waals surface area contributed by atoms with Crippen LogP contribution in [0, 0.1) is 17.2 Å². The number of carbonyl (C=O) groups is 3. The SMILES string of the molecule is CC(C)COC(=O)N(OC(=O)C(C)C)C(=N)N(C)C(Cc1ccccc1)C(=O)O. The summed E-state index contributed by atoms with van der Waals surface area (Å²) in [5.74, 6) is -3.09. The molecule has 0 spiro atoms. The summed E-state index contributed by atoms with van der Waals surface area (Å²) in [7, 11) is 1.34. The van der Waals surface area contributed by atoms with E-state index in [2.05, 4.69) is 0 Å². The normalized spacial score (nSPS) is 11.7. The second kappa shape index (κ2) is 11.0. The Morgan fingerprint density at radius 2 is 1.69 bits per heavy atom. The van der Waals surface area contributed by atoms with Crippen LogP contribution in [0.5, 0.6) is 0 Å². The first-order valence-corrected chi connectivity index (χ1v) is 9.31. The largest absolute Gasteiger partial charge is 0.480 e. The molecular weight excluding hydrogens is 378 g/mol. The molecule has 1 rings (SSSR count). The zero-order valence-corrected chi connectivity index (χ0v) is 17.4. The molecule has 0 saturated carbocycles. The van der Waals surface area contributed by atoms with Crippen LogP contribution in [0.4, 0.5) is 4.79 Å². The third-order valence-corrected chi connectivity index (χ3v) is 3.91. The lowest BCUT2D eigenvalue weighted by Gasteiger charge is -2.31. The van der Waals surface area contributed by atoms with Gasteiger partial charge in [-0.3, -0.25) is 5.41 Å². The maximum atomic E-state index is 12.4. The first kappa shape index (κ1) is 23.9. The molecule has 160 valence electrons. The average Bonchev–Trinajstić information content (AvgIpc) is 2.67. The molecule has 0 heterocycles. The van der Waals surface area contributed by atoms with Gasteiger partial charge in [0.25, 0.3) is 0 Å². The number of nitrogens with zero attached hydrogens (tertiary/aromatic N) is 2. The number of carboxylic acid groups (broad SMARTS) is 1. The molecule has 1 aromatic carbocycles. The molecule has 0 radical (unpaired) electrons. The number of hydrogen-bond acceptors (Lipinski definition) is 6. The van der Waals surface area contributed by atoms with Gasteiger partial charge in [0.2, 0.25) is 5.96 Å². The zero-order chi connectivity index (χ0) is 22.1. The van der Waals surface area contributed by atoms with Gasteiger partial charge in [0, 0.05) is 13.5 Å². The number of rotatable bonds is 7. The minimum Gasteiger partial charge on any atom is -0.480 e. The molecule has 2 N–H and O–H groups in total. The predicted molar refractivity (Wildman–Crippen MR) is 106 cm³/mol. The molecule has 0 aliphatic carbocycles.